The van der Waals surface area contributed by atoms with Crippen molar-refractivity contribution in [1.82, 2.24) is 10.6 Å². The highest BCUT2D eigenvalue weighted by atomic mass is 35.5. The van der Waals surface area contributed by atoms with Crippen LogP contribution in [0.25, 0.3) is 0 Å². The molecule has 0 saturated heterocycles. The molecule has 0 radical (unpaired) electrons. The molecule has 2 aromatic carbocycles. The number of halogens is 1. The van der Waals surface area contributed by atoms with Gasteiger partial charge in [0.2, 0.25) is 5.91 Å². The highest BCUT2D eigenvalue weighted by Gasteiger charge is 2.29. The van der Waals surface area contributed by atoms with Crippen molar-refractivity contribution in [3.8, 4) is 0 Å². The molecule has 0 aliphatic rings. The first-order chi connectivity index (χ1) is 13.4. The summed E-state index contributed by atoms with van der Waals surface area (Å²) in [6.07, 6.45) is 0.422. The third-order valence-electron chi connectivity index (χ3n) is 4.48. The van der Waals surface area contributed by atoms with Crippen molar-refractivity contribution in [2.45, 2.75) is 44.9 Å². The van der Waals surface area contributed by atoms with Crippen LogP contribution in [0.1, 0.15) is 37.8 Å². The van der Waals surface area contributed by atoms with E-state index in [-0.39, 0.29) is 19.0 Å². The van der Waals surface area contributed by atoms with Gasteiger partial charge in [0, 0.05) is 5.54 Å². The second-order valence-corrected chi connectivity index (χ2v) is 7.17. The molecule has 0 bridgehead atoms. The van der Waals surface area contributed by atoms with E-state index in [1.807, 2.05) is 74.5 Å². The van der Waals surface area contributed by atoms with Crippen molar-refractivity contribution in [1.29, 1.82) is 0 Å². The first-order valence-electron chi connectivity index (χ1n) is 9.47. The summed E-state index contributed by atoms with van der Waals surface area (Å²) in [6.45, 7) is 4.57. The SMILES string of the molecule is CC(C)(N[C@@H](CCCN)C(=O)NC(=O)OCc1ccccc1)c1ccccc1.Cl. The van der Waals surface area contributed by atoms with Gasteiger partial charge >= 0.3 is 6.09 Å². The van der Waals surface area contributed by atoms with Gasteiger partial charge in [0.1, 0.15) is 6.61 Å². The van der Waals surface area contributed by atoms with Crippen LogP contribution in [-0.2, 0) is 21.7 Å². The Labute approximate surface area is 178 Å². The molecule has 0 aromatic heterocycles. The number of nitrogens with one attached hydrogen (secondary N) is 2. The molecule has 0 fully saturated rings. The molecule has 1 atom stereocenters. The summed E-state index contributed by atoms with van der Waals surface area (Å²) in [6, 6.07) is 18.6. The van der Waals surface area contributed by atoms with E-state index in [0.29, 0.717) is 19.4 Å². The molecule has 2 rings (SSSR count). The van der Waals surface area contributed by atoms with E-state index in [4.69, 9.17) is 10.5 Å². The maximum absolute atomic E-state index is 12.7. The Bertz CT molecular complexity index is 754. The number of nitrogens with two attached hydrogens (primary N) is 1. The molecule has 0 saturated carbocycles. The monoisotopic (exact) mass is 419 g/mol. The molecule has 0 heterocycles. The van der Waals surface area contributed by atoms with Crippen molar-refractivity contribution < 1.29 is 14.3 Å². The lowest BCUT2D eigenvalue weighted by Gasteiger charge is -2.31. The van der Waals surface area contributed by atoms with Gasteiger partial charge in [-0.15, -0.1) is 12.4 Å². The largest absolute Gasteiger partial charge is 0.444 e. The Morgan fingerprint density at radius 1 is 1.03 bits per heavy atom. The molecule has 0 spiro atoms. The number of alkyl carbamates (subject to hydrolysis) is 1. The lowest BCUT2D eigenvalue weighted by atomic mass is 9.92. The molecule has 0 aliphatic heterocycles. The second-order valence-electron chi connectivity index (χ2n) is 7.17. The summed E-state index contributed by atoms with van der Waals surface area (Å²) in [7, 11) is 0. The van der Waals surface area contributed by atoms with Crippen molar-refractivity contribution in [3.63, 3.8) is 0 Å². The zero-order valence-electron chi connectivity index (χ0n) is 16.9. The standard InChI is InChI=1S/C22H29N3O3.ClH/c1-22(2,18-12-7-4-8-13-18)25-19(14-9-15-23)20(26)24-21(27)28-16-17-10-5-3-6-11-17;/h3-8,10-13,19,25H,9,14-16,23H2,1-2H3,(H,24,26,27);1H/t19-;/m0./s1. The molecule has 6 nitrogen and oxygen atoms in total. The lowest BCUT2D eigenvalue weighted by molar-refractivity contribution is -0.123. The van der Waals surface area contributed by atoms with Crippen molar-refractivity contribution in [2.75, 3.05) is 6.54 Å². The van der Waals surface area contributed by atoms with Gasteiger partial charge in [-0.3, -0.25) is 15.4 Å². The minimum Gasteiger partial charge on any atom is -0.444 e. The van der Waals surface area contributed by atoms with E-state index in [1.54, 1.807) is 0 Å². The molecule has 2 amide bonds. The molecular formula is C22H30ClN3O3. The molecule has 158 valence electrons. The Morgan fingerprint density at radius 3 is 2.21 bits per heavy atom. The van der Waals surface area contributed by atoms with Crippen molar-refractivity contribution >= 4 is 24.4 Å². The summed E-state index contributed by atoms with van der Waals surface area (Å²) in [5.41, 5.74) is 7.06. The predicted octanol–water partition coefficient (Wildman–Crippen LogP) is 3.49. The maximum atomic E-state index is 12.7. The quantitative estimate of drug-likeness (QED) is 0.578. The van der Waals surface area contributed by atoms with Gasteiger partial charge in [0.25, 0.3) is 0 Å². The fourth-order valence-corrected chi connectivity index (χ4v) is 2.91. The Hall–Kier alpha value is -2.41. The van der Waals surface area contributed by atoms with E-state index in [2.05, 4.69) is 10.6 Å². The first-order valence-corrected chi connectivity index (χ1v) is 9.47. The normalized spacial score (nSPS) is 11.8. The Morgan fingerprint density at radius 2 is 1.62 bits per heavy atom. The van der Waals surface area contributed by atoms with Crippen LogP contribution >= 0.6 is 12.4 Å². The molecule has 0 aliphatic carbocycles. The predicted molar refractivity (Wildman–Crippen MR) is 117 cm³/mol. The van der Waals surface area contributed by atoms with Crippen molar-refractivity contribution in [3.05, 3.63) is 71.8 Å². The van der Waals surface area contributed by atoms with Gasteiger partial charge in [0.05, 0.1) is 6.04 Å². The van der Waals surface area contributed by atoms with Gasteiger partial charge in [-0.2, -0.15) is 0 Å². The zero-order chi connectivity index (χ0) is 20.4. The highest BCUT2D eigenvalue weighted by Crippen LogP contribution is 2.21. The highest BCUT2D eigenvalue weighted by molar-refractivity contribution is 5.94. The summed E-state index contributed by atoms with van der Waals surface area (Å²) < 4.78 is 5.14. The van der Waals surface area contributed by atoms with Gasteiger partial charge in [-0.05, 0) is 44.4 Å². The number of carbonyl (C=O) groups excluding carboxylic acids is 2. The van der Waals surface area contributed by atoms with Crippen LogP contribution in [0.3, 0.4) is 0 Å². The average molecular weight is 420 g/mol. The number of hydrogen-bond acceptors (Lipinski definition) is 5. The number of carbonyl (C=O) groups is 2. The van der Waals surface area contributed by atoms with E-state index in [0.717, 1.165) is 11.1 Å². The van der Waals surface area contributed by atoms with Crippen LogP contribution in [-0.4, -0.2) is 24.6 Å². The number of benzene rings is 2. The molecule has 4 N–H and O–H groups in total. The number of imide groups is 1. The summed E-state index contributed by atoms with van der Waals surface area (Å²) in [4.78, 5) is 24.7. The number of hydrogen-bond donors (Lipinski definition) is 3. The van der Waals surface area contributed by atoms with Gasteiger partial charge in [0.15, 0.2) is 0 Å². The molecule has 0 unspecified atom stereocenters. The fourth-order valence-electron chi connectivity index (χ4n) is 2.91. The Balaban J connectivity index is 0.00000420. The maximum Gasteiger partial charge on any atom is 0.414 e. The first kappa shape index (κ1) is 24.6. The van der Waals surface area contributed by atoms with E-state index in [9.17, 15) is 9.59 Å². The zero-order valence-corrected chi connectivity index (χ0v) is 17.7. The summed E-state index contributed by atoms with van der Waals surface area (Å²) >= 11 is 0. The Kier molecular flexibility index (Phi) is 10.4. The smallest absolute Gasteiger partial charge is 0.414 e. The second kappa shape index (κ2) is 12.2. The topological polar surface area (TPSA) is 93.5 Å². The van der Waals surface area contributed by atoms with Gasteiger partial charge in [-0.1, -0.05) is 60.7 Å². The van der Waals surface area contributed by atoms with Crippen molar-refractivity contribution in [2.24, 2.45) is 5.73 Å². The number of amides is 2. The van der Waals surface area contributed by atoms with Crippen LogP contribution in [0.15, 0.2) is 60.7 Å². The van der Waals surface area contributed by atoms with Crippen LogP contribution in [0, 0.1) is 0 Å². The van der Waals surface area contributed by atoms with Crippen LogP contribution in [0.4, 0.5) is 4.79 Å². The average Bonchev–Trinajstić information content (AvgIpc) is 2.71. The molecule has 29 heavy (non-hydrogen) atoms. The van der Waals surface area contributed by atoms with Crippen LogP contribution in [0.2, 0.25) is 0 Å². The fraction of sp³-hybridized carbons (Fsp3) is 0.364. The number of rotatable bonds is 9. The number of ether oxygens (including phenoxy) is 1. The summed E-state index contributed by atoms with van der Waals surface area (Å²) in [5, 5.41) is 5.68. The van der Waals surface area contributed by atoms with Crippen LogP contribution in [0.5, 0.6) is 0 Å². The minimum absolute atomic E-state index is 0. The van der Waals surface area contributed by atoms with E-state index < -0.39 is 23.6 Å². The summed E-state index contributed by atoms with van der Waals surface area (Å²) in [5.74, 6) is -0.421. The minimum atomic E-state index is -0.758. The molecule has 2 aromatic rings. The lowest BCUT2D eigenvalue weighted by Crippen LogP contribution is -2.52. The molecule has 7 heteroatoms. The van der Waals surface area contributed by atoms with E-state index in [1.165, 1.54) is 0 Å². The van der Waals surface area contributed by atoms with Gasteiger partial charge in [-0.25, -0.2) is 4.79 Å². The van der Waals surface area contributed by atoms with Crippen LogP contribution < -0.4 is 16.4 Å². The molecular weight excluding hydrogens is 390 g/mol. The third-order valence-corrected chi connectivity index (χ3v) is 4.48. The van der Waals surface area contributed by atoms with E-state index >= 15 is 0 Å². The van der Waals surface area contributed by atoms with Gasteiger partial charge < -0.3 is 10.5 Å². The third kappa shape index (κ3) is 8.23.